The van der Waals surface area contributed by atoms with Crippen LogP contribution >= 0.6 is 0 Å². The minimum Gasteiger partial charge on any atom is -0.481 e. The predicted octanol–water partition coefficient (Wildman–Crippen LogP) is 5.37. The van der Waals surface area contributed by atoms with Gasteiger partial charge in [0.05, 0.1) is 5.41 Å². The Labute approximate surface area is 141 Å². The second-order valence-corrected chi connectivity index (χ2v) is 9.99. The molecule has 0 bridgehead atoms. The molecule has 0 aromatic carbocycles. The summed E-state index contributed by atoms with van der Waals surface area (Å²) in [4.78, 5) is 12.1. The zero-order valence-corrected chi connectivity index (χ0v) is 15.2. The monoisotopic (exact) mass is 318 g/mol. The summed E-state index contributed by atoms with van der Waals surface area (Å²) in [5.41, 5.74) is 0.0898. The summed E-state index contributed by atoms with van der Waals surface area (Å²) in [6.07, 6.45) is 10.9. The van der Waals surface area contributed by atoms with Crippen LogP contribution in [0.5, 0.6) is 0 Å². The van der Waals surface area contributed by atoms with Crippen molar-refractivity contribution in [1.29, 1.82) is 0 Å². The normalized spacial score (nSPS) is 51.4. The van der Waals surface area contributed by atoms with E-state index in [1.54, 1.807) is 0 Å². The second-order valence-electron chi connectivity index (χ2n) is 9.99. The van der Waals surface area contributed by atoms with Gasteiger partial charge in [-0.15, -0.1) is 0 Å². The van der Waals surface area contributed by atoms with Gasteiger partial charge in [-0.2, -0.15) is 0 Å². The molecule has 23 heavy (non-hydrogen) atoms. The molecule has 4 aliphatic carbocycles. The van der Waals surface area contributed by atoms with E-state index >= 15 is 0 Å². The molecule has 0 aromatic heterocycles. The Balaban J connectivity index is 1.67. The summed E-state index contributed by atoms with van der Waals surface area (Å²) in [7, 11) is 0. The van der Waals surface area contributed by atoms with Crippen LogP contribution in [0, 0.1) is 46.3 Å². The van der Waals surface area contributed by atoms with Crippen molar-refractivity contribution in [3.8, 4) is 0 Å². The van der Waals surface area contributed by atoms with E-state index in [4.69, 9.17) is 0 Å². The molecule has 7 unspecified atom stereocenters. The number of aliphatic carboxylic acids is 1. The third-order valence-corrected chi connectivity index (χ3v) is 9.20. The van der Waals surface area contributed by atoms with Crippen LogP contribution in [0.4, 0.5) is 0 Å². The molecule has 0 aliphatic heterocycles. The highest BCUT2D eigenvalue weighted by Gasteiger charge is 2.61. The Kier molecular flexibility index (Phi) is 3.63. The molecule has 4 fully saturated rings. The highest BCUT2D eigenvalue weighted by atomic mass is 16.4. The van der Waals surface area contributed by atoms with Crippen LogP contribution in [0.3, 0.4) is 0 Å². The highest BCUT2D eigenvalue weighted by Crippen LogP contribution is 2.65. The lowest BCUT2D eigenvalue weighted by Crippen LogP contribution is -2.55. The van der Waals surface area contributed by atoms with E-state index in [2.05, 4.69) is 20.8 Å². The molecule has 2 nitrogen and oxygen atoms in total. The highest BCUT2D eigenvalue weighted by molar-refractivity contribution is 5.75. The Bertz CT molecular complexity index is 496. The largest absolute Gasteiger partial charge is 0.481 e. The van der Waals surface area contributed by atoms with Gasteiger partial charge in [0.15, 0.2) is 0 Å². The van der Waals surface area contributed by atoms with Crippen molar-refractivity contribution >= 4 is 5.97 Å². The number of carboxylic acid groups (broad SMARTS) is 1. The summed E-state index contributed by atoms with van der Waals surface area (Å²) < 4.78 is 0. The number of carbonyl (C=O) groups is 1. The van der Waals surface area contributed by atoms with Crippen molar-refractivity contribution in [3.05, 3.63) is 0 Å². The Morgan fingerprint density at radius 3 is 2.43 bits per heavy atom. The molecule has 130 valence electrons. The first-order valence-electron chi connectivity index (χ1n) is 10.1. The smallest absolute Gasteiger partial charge is 0.309 e. The van der Waals surface area contributed by atoms with Crippen molar-refractivity contribution in [1.82, 2.24) is 0 Å². The number of hydrogen-bond donors (Lipinski definition) is 1. The Morgan fingerprint density at radius 2 is 1.70 bits per heavy atom. The molecule has 0 saturated heterocycles. The fourth-order valence-corrected chi connectivity index (χ4v) is 7.79. The van der Waals surface area contributed by atoms with Crippen LogP contribution < -0.4 is 0 Å². The molecule has 7 atom stereocenters. The molecule has 4 aliphatic rings. The van der Waals surface area contributed by atoms with Gasteiger partial charge in [0.2, 0.25) is 0 Å². The Hall–Kier alpha value is -0.530. The lowest BCUT2D eigenvalue weighted by atomic mass is 9.44. The minimum atomic E-state index is -0.475. The summed E-state index contributed by atoms with van der Waals surface area (Å²) in [6.45, 7) is 7.49. The first-order valence-corrected chi connectivity index (χ1v) is 10.1. The molecule has 1 N–H and O–H groups in total. The third-order valence-electron chi connectivity index (χ3n) is 9.20. The molecule has 2 heteroatoms. The lowest BCUT2D eigenvalue weighted by molar-refractivity contribution is -0.165. The van der Waals surface area contributed by atoms with E-state index in [1.807, 2.05) is 0 Å². The van der Waals surface area contributed by atoms with Gasteiger partial charge in [-0.1, -0.05) is 27.2 Å². The maximum absolute atomic E-state index is 12.1. The van der Waals surface area contributed by atoms with Gasteiger partial charge >= 0.3 is 5.97 Å². The standard InChI is InChI=1S/C21H34O2/c1-13-6-7-14-8-9-15-16(18(14)20(13,2)3)10-12-21(19(22)23)11-4-5-17(15)21/h13-18H,4-12H2,1-3H3,(H,22,23). The quantitative estimate of drug-likeness (QED) is 0.706. The van der Waals surface area contributed by atoms with E-state index in [0.29, 0.717) is 17.3 Å². The molecule has 4 rings (SSSR count). The fraction of sp³-hybridized carbons (Fsp3) is 0.952. The molecule has 0 amide bonds. The van der Waals surface area contributed by atoms with E-state index in [9.17, 15) is 9.90 Å². The second kappa shape index (κ2) is 5.23. The minimum absolute atomic E-state index is 0.349. The van der Waals surface area contributed by atoms with Crippen LogP contribution in [0.25, 0.3) is 0 Å². The van der Waals surface area contributed by atoms with Crippen molar-refractivity contribution in [2.75, 3.05) is 0 Å². The third kappa shape index (κ3) is 2.09. The Morgan fingerprint density at radius 1 is 0.957 bits per heavy atom. The molecule has 0 spiro atoms. The van der Waals surface area contributed by atoms with Crippen molar-refractivity contribution < 1.29 is 9.90 Å². The van der Waals surface area contributed by atoms with E-state index in [-0.39, 0.29) is 5.41 Å². The summed E-state index contributed by atoms with van der Waals surface area (Å²) in [5, 5.41) is 9.97. The molecule has 4 saturated carbocycles. The average molecular weight is 319 g/mol. The van der Waals surface area contributed by atoms with Gasteiger partial charge in [-0.3, -0.25) is 4.79 Å². The first kappa shape index (κ1) is 16.0. The summed E-state index contributed by atoms with van der Waals surface area (Å²) >= 11 is 0. The van der Waals surface area contributed by atoms with Crippen LogP contribution in [0.15, 0.2) is 0 Å². The summed E-state index contributed by atoms with van der Waals surface area (Å²) in [6, 6.07) is 0. The molecular formula is C21H34O2. The van der Waals surface area contributed by atoms with Gasteiger partial charge in [0.25, 0.3) is 0 Å². The number of carboxylic acids is 1. The van der Waals surface area contributed by atoms with Crippen molar-refractivity contribution in [2.45, 2.75) is 78.6 Å². The molecule has 0 radical (unpaired) electrons. The van der Waals surface area contributed by atoms with E-state index < -0.39 is 5.97 Å². The SMILES string of the molecule is CC1CCC2CCC3C(CCC4(C(=O)O)CCCC34)C2C1(C)C. The lowest BCUT2D eigenvalue weighted by Gasteiger charge is -2.60. The van der Waals surface area contributed by atoms with Gasteiger partial charge in [0, 0.05) is 0 Å². The van der Waals surface area contributed by atoms with Gasteiger partial charge in [-0.25, -0.2) is 0 Å². The van der Waals surface area contributed by atoms with Crippen LogP contribution in [-0.4, -0.2) is 11.1 Å². The van der Waals surface area contributed by atoms with E-state index in [1.165, 1.54) is 38.5 Å². The van der Waals surface area contributed by atoms with Crippen LogP contribution in [0.2, 0.25) is 0 Å². The zero-order chi connectivity index (χ0) is 16.4. The number of rotatable bonds is 1. The fourth-order valence-electron chi connectivity index (χ4n) is 7.79. The number of fused-ring (bicyclic) bond motifs is 5. The first-order chi connectivity index (χ1) is 10.9. The molecular weight excluding hydrogens is 284 g/mol. The van der Waals surface area contributed by atoms with Crippen molar-refractivity contribution in [3.63, 3.8) is 0 Å². The maximum atomic E-state index is 12.1. The average Bonchev–Trinajstić information content (AvgIpc) is 2.96. The van der Waals surface area contributed by atoms with Gasteiger partial charge in [-0.05, 0) is 92.3 Å². The molecule has 0 heterocycles. The maximum Gasteiger partial charge on any atom is 0.309 e. The number of hydrogen-bond acceptors (Lipinski definition) is 1. The van der Waals surface area contributed by atoms with Crippen LogP contribution in [-0.2, 0) is 4.79 Å². The van der Waals surface area contributed by atoms with Gasteiger partial charge in [0.1, 0.15) is 0 Å². The van der Waals surface area contributed by atoms with E-state index in [0.717, 1.165) is 42.9 Å². The predicted molar refractivity (Wildman–Crippen MR) is 92.0 cm³/mol. The van der Waals surface area contributed by atoms with Gasteiger partial charge < -0.3 is 5.11 Å². The van der Waals surface area contributed by atoms with Crippen LogP contribution in [0.1, 0.15) is 78.6 Å². The summed E-state index contributed by atoms with van der Waals surface area (Å²) in [5.74, 6) is 4.09. The topological polar surface area (TPSA) is 37.3 Å². The van der Waals surface area contributed by atoms with Crippen molar-refractivity contribution in [2.24, 2.45) is 46.3 Å². The zero-order valence-electron chi connectivity index (χ0n) is 15.2. The molecule has 0 aromatic rings.